The molecule has 4 aliphatic rings. The quantitative estimate of drug-likeness (QED) is 0.341. The molecule has 0 aliphatic heterocycles. The summed E-state index contributed by atoms with van der Waals surface area (Å²) in [5.74, 6) is 1.66. The lowest BCUT2D eigenvalue weighted by atomic mass is 9.38. The Labute approximate surface area is 202 Å². The lowest BCUT2D eigenvalue weighted by Crippen LogP contribution is -2.58. The molecule has 0 saturated heterocycles. The molecule has 3 heteroatoms. The van der Waals surface area contributed by atoms with Gasteiger partial charge in [0.25, 0.3) is 0 Å². The molecule has 0 amide bonds. The van der Waals surface area contributed by atoms with Crippen LogP contribution in [0.3, 0.4) is 0 Å². The first kappa shape index (κ1) is 25.0. The van der Waals surface area contributed by atoms with Crippen LogP contribution in [0.15, 0.2) is 11.1 Å². The highest BCUT2D eigenvalue weighted by molar-refractivity contribution is 5.69. The van der Waals surface area contributed by atoms with Crippen LogP contribution in [-0.4, -0.2) is 17.4 Å². The van der Waals surface area contributed by atoms with E-state index in [9.17, 15) is 14.7 Å². The smallest absolute Gasteiger partial charge is 0.304 e. The van der Waals surface area contributed by atoms with Gasteiger partial charge in [0.05, 0.1) is 6.42 Å². The van der Waals surface area contributed by atoms with E-state index >= 15 is 0 Å². The molecule has 2 saturated carbocycles. The minimum absolute atomic E-state index is 0.0796. The van der Waals surface area contributed by atoms with Gasteiger partial charge in [-0.25, -0.2) is 0 Å². The Balaban J connectivity index is 1.82. The number of carbonyl (C=O) groups excluding carboxylic acids is 1. The Bertz CT molecular complexity index is 868. The van der Waals surface area contributed by atoms with Crippen LogP contribution in [0.25, 0.3) is 0 Å². The number of rotatable bonds is 5. The Hall–Kier alpha value is -1.12. The van der Waals surface area contributed by atoms with Crippen molar-refractivity contribution in [3.05, 3.63) is 11.1 Å². The fourth-order valence-corrected chi connectivity index (χ4v) is 10.5. The van der Waals surface area contributed by atoms with E-state index in [1.807, 2.05) is 13.8 Å². The van der Waals surface area contributed by atoms with Crippen LogP contribution in [-0.2, 0) is 9.59 Å². The second kappa shape index (κ2) is 7.69. The van der Waals surface area contributed by atoms with Gasteiger partial charge >= 0.3 is 5.97 Å². The predicted molar refractivity (Wildman–Crippen MR) is 134 cm³/mol. The Kier molecular flexibility index (Phi) is 5.82. The molecular formula is C30H48O3. The number of hydrogen-bond donors (Lipinski definition) is 1. The molecule has 0 heterocycles. The van der Waals surface area contributed by atoms with Crippen LogP contribution in [0.2, 0.25) is 0 Å². The normalized spacial score (nSPS) is 45.4. The van der Waals surface area contributed by atoms with E-state index in [4.69, 9.17) is 0 Å². The fraction of sp³-hybridized carbons (Fsp3) is 0.867. The Morgan fingerprint density at radius 2 is 1.70 bits per heavy atom. The van der Waals surface area contributed by atoms with E-state index in [0.29, 0.717) is 5.41 Å². The maximum atomic E-state index is 12.1. The van der Waals surface area contributed by atoms with Crippen LogP contribution in [0.5, 0.6) is 0 Å². The molecule has 3 nitrogen and oxygen atoms in total. The molecule has 33 heavy (non-hydrogen) atoms. The average molecular weight is 457 g/mol. The summed E-state index contributed by atoms with van der Waals surface area (Å²) in [6.45, 7) is 18.8. The van der Waals surface area contributed by atoms with Crippen LogP contribution in [0, 0.1) is 50.7 Å². The summed E-state index contributed by atoms with van der Waals surface area (Å²) in [6.07, 6.45) is 10.6. The van der Waals surface area contributed by atoms with Crippen LogP contribution >= 0.6 is 0 Å². The topological polar surface area (TPSA) is 54.4 Å². The molecule has 0 aromatic rings. The highest BCUT2D eigenvalue weighted by Crippen LogP contribution is 2.75. The minimum atomic E-state index is -0.733. The summed E-state index contributed by atoms with van der Waals surface area (Å²) in [5.41, 5.74) is 2.91. The van der Waals surface area contributed by atoms with Crippen LogP contribution in [0.4, 0.5) is 0 Å². The third-order valence-electron chi connectivity index (χ3n) is 12.2. The van der Waals surface area contributed by atoms with E-state index in [0.717, 1.165) is 49.7 Å². The number of carboxylic acids is 1. The van der Waals surface area contributed by atoms with Gasteiger partial charge in [0, 0.05) is 10.8 Å². The van der Waals surface area contributed by atoms with Gasteiger partial charge in [-0.15, -0.1) is 0 Å². The highest BCUT2D eigenvalue weighted by Gasteiger charge is 2.66. The van der Waals surface area contributed by atoms with E-state index in [2.05, 4.69) is 41.5 Å². The molecule has 0 aromatic carbocycles. The molecule has 0 aromatic heterocycles. The number of allylic oxidation sites excluding steroid dienone is 2. The van der Waals surface area contributed by atoms with E-state index in [-0.39, 0.29) is 23.2 Å². The van der Waals surface area contributed by atoms with Crippen molar-refractivity contribution in [1.29, 1.82) is 0 Å². The molecule has 0 radical (unpaired) electrons. The Morgan fingerprint density at radius 3 is 2.27 bits per heavy atom. The predicted octanol–water partition coefficient (Wildman–Crippen LogP) is 7.69. The molecule has 4 rings (SSSR count). The average Bonchev–Trinajstić information content (AvgIpc) is 3.07. The van der Waals surface area contributed by atoms with E-state index in [1.54, 1.807) is 5.57 Å². The number of carboxylic acid groups (broad SMARTS) is 1. The van der Waals surface area contributed by atoms with Crippen molar-refractivity contribution in [2.24, 2.45) is 50.7 Å². The monoisotopic (exact) mass is 456 g/mol. The first-order chi connectivity index (χ1) is 15.2. The summed E-state index contributed by atoms with van der Waals surface area (Å²) in [6, 6.07) is 0. The number of hydrogen-bond acceptors (Lipinski definition) is 2. The zero-order valence-electron chi connectivity index (χ0n) is 22.5. The van der Waals surface area contributed by atoms with Crippen molar-refractivity contribution in [3.63, 3.8) is 0 Å². The second-order valence-electron chi connectivity index (χ2n) is 14.2. The maximum Gasteiger partial charge on any atom is 0.304 e. The molecule has 7 atom stereocenters. The van der Waals surface area contributed by atoms with Crippen LogP contribution in [0.1, 0.15) is 113 Å². The lowest BCUT2D eigenvalue weighted by molar-refractivity contribution is -0.143. The van der Waals surface area contributed by atoms with Gasteiger partial charge in [0.15, 0.2) is 0 Å². The highest BCUT2D eigenvalue weighted by atomic mass is 16.4. The van der Waals surface area contributed by atoms with Gasteiger partial charge in [-0.3, -0.25) is 4.79 Å². The molecule has 0 bridgehead atoms. The molecule has 186 valence electrons. The van der Waals surface area contributed by atoms with Crippen LogP contribution < -0.4 is 0 Å². The zero-order chi connectivity index (χ0) is 24.6. The summed E-state index contributed by atoms with van der Waals surface area (Å²) in [5, 5.41) is 9.95. The SMILES string of the molecule is CC(C)[C@H]1CC[C@@H]2[C@]1(C)CC[C@]1(C)C3=C(CC[C@@]21C)[C@@](C)(CC(=O)O)C(C(C)(C)C=O)CC3. The Morgan fingerprint density at radius 1 is 1.03 bits per heavy atom. The summed E-state index contributed by atoms with van der Waals surface area (Å²) >= 11 is 0. The maximum absolute atomic E-state index is 12.1. The number of aliphatic carboxylic acids is 1. The van der Waals surface area contributed by atoms with Gasteiger partial charge in [0.2, 0.25) is 0 Å². The van der Waals surface area contributed by atoms with Crippen molar-refractivity contribution in [2.75, 3.05) is 0 Å². The van der Waals surface area contributed by atoms with Crippen molar-refractivity contribution in [3.8, 4) is 0 Å². The molecule has 0 spiro atoms. The molecule has 1 unspecified atom stereocenters. The standard InChI is InChI=1S/C30H48O3/c1-19(2)20-9-12-24-27(20,5)15-16-29(7)22-10-11-23(26(3,4)18-31)28(6,17-25(32)33)21(22)13-14-30(24,29)8/h18-20,23-24H,9-17H2,1-8H3,(H,32,33)/t20-,23?,24-,27-,28-,29-,30+/m1/s1. The first-order valence-corrected chi connectivity index (χ1v) is 13.6. The molecular weight excluding hydrogens is 408 g/mol. The van der Waals surface area contributed by atoms with Crippen molar-refractivity contribution >= 4 is 12.3 Å². The van der Waals surface area contributed by atoms with Gasteiger partial charge in [0.1, 0.15) is 6.29 Å². The van der Waals surface area contributed by atoms with E-state index in [1.165, 1.54) is 31.3 Å². The van der Waals surface area contributed by atoms with E-state index < -0.39 is 16.8 Å². The van der Waals surface area contributed by atoms with Gasteiger partial charge in [-0.1, -0.05) is 66.5 Å². The largest absolute Gasteiger partial charge is 0.481 e. The fourth-order valence-electron chi connectivity index (χ4n) is 10.5. The number of fused-ring (bicyclic) bond motifs is 4. The summed E-state index contributed by atoms with van der Waals surface area (Å²) in [4.78, 5) is 24.2. The number of carbonyl (C=O) groups is 2. The van der Waals surface area contributed by atoms with Crippen molar-refractivity contribution in [1.82, 2.24) is 0 Å². The second-order valence-corrected chi connectivity index (χ2v) is 14.2. The minimum Gasteiger partial charge on any atom is -0.481 e. The van der Waals surface area contributed by atoms with Gasteiger partial charge < -0.3 is 9.90 Å². The summed E-state index contributed by atoms with van der Waals surface area (Å²) in [7, 11) is 0. The van der Waals surface area contributed by atoms with Crippen molar-refractivity contribution in [2.45, 2.75) is 113 Å². The number of aldehydes is 1. The van der Waals surface area contributed by atoms with Gasteiger partial charge in [-0.05, 0) is 91.3 Å². The first-order valence-electron chi connectivity index (χ1n) is 13.6. The lowest BCUT2D eigenvalue weighted by Gasteiger charge is -2.66. The summed E-state index contributed by atoms with van der Waals surface area (Å²) < 4.78 is 0. The molecule has 1 N–H and O–H groups in total. The molecule has 4 aliphatic carbocycles. The van der Waals surface area contributed by atoms with Gasteiger partial charge in [-0.2, -0.15) is 0 Å². The third kappa shape index (κ3) is 3.26. The zero-order valence-corrected chi connectivity index (χ0v) is 22.5. The third-order valence-corrected chi connectivity index (χ3v) is 12.2. The molecule has 2 fully saturated rings. The van der Waals surface area contributed by atoms with Crippen molar-refractivity contribution < 1.29 is 14.7 Å².